The summed E-state index contributed by atoms with van der Waals surface area (Å²) < 4.78 is 63.5. The van der Waals surface area contributed by atoms with Crippen molar-refractivity contribution in [2.75, 3.05) is 0 Å². The SMILES string of the molecule is CC(C)(C)c1cccc(OS(F)(F)(F)(F)F)c1. The summed E-state index contributed by atoms with van der Waals surface area (Å²) in [5.74, 6) is -0.892. The van der Waals surface area contributed by atoms with Crippen LogP contribution in [-0.2, 0) is 5.41 Å². The molecule has 0 fully saturated rings. The average molecular weight is 276 g/mol. The molecule has 0 aliphatic rings. The van der Waals surface area contributed by atoms with Crippen LogP contribution >= 0.6 is 10.5 Å². The van der Waals surface area contributed by atoms with Gasteiger partial charge in [0.2, 0.25) is 0 Å². The lowest BCUT2D eigenvalue weighted by Gasteiger charge is -2.39. The normalized spacial score (nSPS) is 17.2. The number of hydrogen-bond donors (Lipinski definition) is 0. The Morgan fingerprint density at radius 3 is 1.94 bits per heavy atom. The first kappa shape index (κ1) is 14.1. The predicted octanol–water partition coefficient (Wildman–Crippen LogP) is 5.58. The topological polar surface area (TPSA) is 9.23 Å². The van der Waals surface area contributed by atoms with Crippen molar-refractivity contribution in [3.8, 4) is 5.75 Å². The fourth-order valence-electron chi connectivity index (χ4n) is 1.20. The van der Waals surface area contributed by atoms with Gasteiger partial charge < -0.3 is 4.18 Å². The van der Waals surface area contributed by atoms with Crippen LogP contribution in [0.3, 0.4) is 0 Å². The molecule has 0 aliphatic carbocycles. The zero-order valence-corrected chi connectivity index (χ0v) is 10.3. The Labute approximate surface area is 96.5 Å². The van der Waals surface area contributed by atoms with Crippen LogP contribution < -0.4 is 4.18 Å². The van der Waals surface area contributed by atoms with Gasteiger partial charge in [0.1, 0.15) is 5.75 Å². The van der Waals surface area contributed by atoms with Gasteiger partial charge in [-0.2, -0.15) is 0 Å². The van der Waals surface area contributed by atoms with Crippen LogP contribution in [-0.4, -0.2) is 0 Å². The molecule has 0 amide bonds. The first-order valence-electron chi connectivity index (χ1n) is 4.71. The maximum Gasteiger partial charge on any atom is 0.435 e. The minimum absolute atomic E-state index is 0.447. The van der Waals surface area contributed by atoms with Crippen LogP contribution in [0, 0.1) is 0 Å². The van der Waals surface area contributed by atoms with E-state index < -0.39 is 21.7 Å². The van der Waals surface area contributed by atoms with Crippen LogP contribution in [0.25, 0.3) is 0 Å². The van der Waals surface area contributed by atoms with E-state index in [1.807, 2.05) is 0 Å². The molecule has 0 aromatic heterocycles. The number of rotatable bonds is 2. The molecule has 17 heavy (non-hydrogen) atoms. The Bertz CT molecular complexity index is 431. The molecule has 0 heterocycles. The molecule has 1 aromatic carbocycles. The predicted molar refractivity (Wildman–Crippen MR) is 58.9 cm³/mol. The molecule has 1 aromatic rings. The summed E-state index contributed by atoms with van der Waals surface area (Å²) in [6.45, 7) is 5.27. The molecule has 0 radical (unpaired) electrons. The first-order chi connectivity index (χ1) is 7.16. The van der Waals surface area contributed by atoms with Crippen molar-refractivity contribution >= 4 is 10.5 Å². The first-order valence-corrected chi connectivity index (χ1v) is 6.59. The molecule has 0 N–H and O–H groups in total. The van der Waals surface area contributed by atoms with Crippen molar-refractivity contribution in [3.05, 3.63) is 29.8 Å². The van der Waals surface area contributed by atoms with Crippen LogP contribution in [0.1, 0.15) is 26.3 Å². The fraction of sp³-hybridized carbons (Fsp3) is 0.400. The van der Waals surface area contributed by atoms with Crippen LogP contribution in [0.15, 0.2) is 24.3 Å². The van der Waals surface area contributed by atoms with E-state index in [2.05, 4.69) is 4.18 Å². The van der Waals surface area contributed by atoms with Crippen molar-refractivity contribution in [2.45, 2.75) is 26.2 Å². The summed E-state index contributed by atoms with van der Waals surface area (Å²) in [7, 11) is -9.88. The molecule has 7 heteroatoms. The molecular formula is C10H13F5OS. The van der Waals surface area contributed by atoms with E-state index in [4.69, 9.17) is 0 Å². The fourth-order valence-corrected chi connectivity index (χ4v) is 1.66. The summed E-state index contributed by atoms with van der Waals surface area (Å²) in [6, 6.07) is 4.63. The molecule has 0 atom stereocenters. The largest absolute Gasteiger partial charge is 0.435 e. The lowest BCUT2D eigenvalue weighted by Crippen LogP contribution is -2.15. The summed E-state index contributed by atoms with van der Waals surface area (Å²) in [6.07, 6.45) is 0. The van der Waals surface area contributed by atoms with Gasteiger partial charge in [0.25, 0.3) is 0 Å². The molecular weight excluding hydrogens is 263 g/mol. The third-order valence-corrected chi connectivity index (χ3v) is 2.46. The van der Waals surface area contributed by atoms with Crippen LogP contribution in [0.5, 0.6) is 5.75 Å². The van der Waals surface area contributed by atoms with Gasteiger partial charge in [0.05, 0.1) is 0 Å². The van der Waals surface area contributed by atoms with Crippen molar-refractivity contribution in [3.63, 3.8) is 0 Å². The highest BCUT2D eigenvalue weighted by atomic mass is 32.5. The molecule has 0 aliphatic heterocycles. The highest BCUT2D eigenvalue weighted by molar-refractivity contribution is 8.42. The van der Waals surface area contributed by atoms with Crippen molar-refractivity contribution in [2.24, 2.45) is 0 Å². The Morgan fingerprint density at radius 2 is 1.53 bits per heavy atom. The van der Waals surface area contributed by atoms with Crippen molar-refractivity contribution < 1.29 is 23.6 Å². The minimum atomic E-state index is -9.88. The third kappa shape index (κ3) is 5.25. The third-order valence-electron chi connectivity index (χ3n) is 1.95. The molecule has 0 spiro atoms. The number of halogens is 5. The smallest absolute Gasteiger partial charge is 0.355 e. The van der Waals surface area contributed by atoms with Gasteiger partial charge in [-0.15, -0.1) is 0 Å². The second-order valence-electron chi connectivity index (χ2n) is 4.76. The van der Waals surface area contributed by atoms with E-state index in [0.717, 1.165) is 12.1 Å². The maximum absolute atomic E-state index is 12.1. The Hall–Kier alpha value is -0.980. The van der Waals surface area contributed by atoms with Crippen molar-refractivity contribution in [1.82, 2.24) is 0 Å². The maximum atomic E-state index is 12.1. The number of benzene rings is 1. The monoisotopic (exact) mass is 276 g/mol. The summed E-state index contributed by atoms with van der Waals surface area (Å²) in [5.41, 5.74) is 0.0359. The molecule has 1 nitrogen and oxygen atoms in total. The van der Waals surface area contributed by atoms with Gasteiger partial charge in [0, 0.05) is 0 Å². The lowest BCUT2D eigenvalue weighted by molar-refractivity contribution is 0.243. The summed E-state index contributed by atoms with van der Waals surface area (Å²) >= 11 is 0. The van der Waals surface area contributed by atoms with E-state index >= 15 is 0 Å². The minimum Gasteiger partial charge on any atom is -0.355 e. The van der Waals surface area contributed by atoms with E-state index in [0.29, 0.717) is 5.56 Å². The second kappa shape index (κ2) is 3.07. The standard InChI is InChI=1S/C10H13F5OS/c1-10(2,3)8-5-4-6-9(7-8)16-17(11,12,13,14)15/h4-7H,1-3H3. The lowest BCUT2D eigenvalue weighted by atomic mass is 9.87. The average Bonchev–Trinajstić information content (AvgIpc) is 1.96. The zero-order chi connectivity index (χ0) is 13.6. The van der Waals surface area contributed by atoms with Crippen LogP contribution in [0.2, 0.25) is 0 Å². The molecule has 0 unspecified atom stereocenters. The summed E-state index contributed by atoms with van der Waals surface area (Å²) in [4.78, 5) is 0. The Kier molecular flexibility index (Phi) is 2.54. The molecule has 0 saturated heterocycles. The van der Waals surface area contributed by atoms with Crippen LogP contribution in [0.4, 0.5) is 19.4 Å². The van der Waals surface area contributed by atoms with E-state index in [1.165, 1.54) is 6.07 Å². The zero-order valence-electron chi connectivity index (χ0n) is 9.52. The Balaban J connectivity index is 3.12. The molecule has 0 bridgehead atoms. The van der Waals surface area contributed by atoms with Gasteiger partial charge in [0.15, 0.2) is 0 Å². The summed E-state index contributed by atoms with van der Waals surface area (Å²) in [5, 5.41) is 0. The van der Waals surface area contributed by atoms with E-state index in [1.54, 1.807) is 26.8 Å². The van der Waals surface area contributed by atoms with E-state index in [9.17, 15) is 19.4 Å². The molecule has 100 valence electrons. The van der Waals surface area contributed by atoms with Gasteiger partial charge in [-0.3, -0.25) is 0 Å². The quantitative estimate of drug-likeness (QED) is 0.641. The van der Waals surface area contributed by atoms with E-state index in [-0.39, 0.29) is 0 Å². The highest BCUT2D eigenvalue weighted by Gasteiger charge is 2.67. The van der Waals surface area contributed by atoms with Crippen molar-refractivity contribution in [1.29, 1.82) is 0 Å². The highest BCUT2D eigenvalue weighted by Crippen LogP contribution is 2.97. The molecule has 1 rings (SSSR count). The van der Waals surface area contributed by atoms with Gasteiger partial charge >= 0.3 is 10.5 Å². The molecule has 0 saturated carbocycles. The second-order valence-corrected chi connectivity index (χ2v) is 6.72. The van der Waals surface area contributed by atoms with Gasteiger partial charge in [-0.1, -0.05) is 52.3 Å². The number of hydrogen-bond acceptors (Lipinski definition) is 1. The Morgan fingerprint density at radius 1 is 1.00 bits per heavy atom. The van der Waals surface area contributed by atoms with Gasteiger partial charge in [-0.05, 0) is 23.1 Å². The van der Waals surface area contributed by atoms with Gasteiger partial charge in [-0.25, -0.2) is 0 Å².